The summed E-state index contributed by atoms with van der Waals surface area (Å²) in [5.74, 6) is -6.80. The van der Waals surface area contributed by atoms with E-state index >= 15 is 0 Å². The molecule has 13 heteroatoms. The van der Waals surface area contributed by atoms with Gasteiger partial charge in [0.15, 0.2) is 58.2 Å². The van der Waals surface area contributed by atoms with Gasteiger partial charge in [-0.2, -0.15) is 0 Å². The Labute approximate surface area is 242 Å². The monoisotopic (exact) mass is 594 g/mol. The van der Waals surface area contributed by atoms with E-state index < -0.39 is 88.2 Å². The van der Waals surface area contributed by atoms with Gasteiger partial charge in [0.2, 0.25) is 11.5 Å². The third-order valence-corrected chi connectivity index (χ3v) is 7.85. The van der Waals surface area contributed by atoms with Gasteiger partial charge in [-0.25, -0.2) is 0 Å². The average Bonchev–Trinajstić information content (AvgIpc) is 2.98. The molecule has 43 heavy (non-hydrogen) atoms. The Morgan fingerprint density at radius 2 is 0.953 bits per heavy atom. The van der Waals surface area contributed by atoms with Crippen molar-refractivity contribution in [3.8, 4) is 57.5 Å². The zero-order valence-electron chi connectivity index (χ0n) is 21.9. The first-order valence-electron chi connectivity index (χ1n) is 12.9. The number of aromatic hydroxyl groups is 8. The van der Waals surface area contributed by atoms with Gasteiger partial charge < -0.3 is 65.6 Å². The van der Waals surface area contributed by atoms with Crippen molar-refractivity contribution in [3.05, 3.63) is 82.4 Å². The van der Waals surface area contributed by atoms with Gasteiger partial charge in [0.05, 0.1) is 0 Å². The van der Waals surface area contributed by atoms with Gasteiger partial charge in [-0.05, 0) is 47.5 Å². The summed E-state index contributed by atoms with van der Waals surface area (Å²) in [6.45, 7) is 0. The van der Waals surface area contributed by atoms with Crippen molar-refractivity contribution >= 4 is 0 Å². The van der Waals surface area contributed by atoms with E-state index in [1.807, 2.05) is 0 Å². The average molecular weight is 595 g/mol. The summed E-state index contributed by atoms with van der Waals surface area (Å²) < 4.78 is 11.6. The summed E-state index contributed by atoms with van der Waals surface area (Å²) in [6.07, 6.45) is -7.67. The van der Waals surface area contributed by atoms with Gasteiger partial charge in [0.25, 0.3) is 0 Å². The maximum absolute atomic E-state index is 11.6. The first-order valence-corrected chi connectivity index (χ1v) is 12.9. The fourth-order valence-corrected chi connectivity index (χ4v) is 5.63. The molecule has 11 N–H and O–H groups in total. The van der Waals surface area contributed by atoms with E-state index in [0.29, 0.717) is 0 Å². The fourth-order valence-electron chi connectivity index (χ4n) is 5.63. The SMILES string of the molecule is Oc1ccc([C@H]2Oc3c(ccc(O)c3O)[C@@H](c3cc4c(c(O)c3O)O[C@H](c3ccc(O)c(O)c3)[C@H](O)[C@H]4O)[C@H]2O)cc1O. The normalized spacial score (nSPS) is 24.3. The quantitative estimate of drug-likeness (QED) is 0.153. The third-order valence-electron chi connectivity index (χ3n) is 7.85. The Morgan fingerprint density at radius 3 is 1.51 bits per heavy atom. The van der Waals surface area contributed by atoms with Crippen LogP contribution in [0.3, 0.4) is 0 Å². The van der Waals surface area contributed by atoms with Gasteiger partial charge >= 0.3 is 0 Å². The molecule has 224 valence electrons. The number of phenolic OH excluding ortho intramolecular Hbond substituents is 8. The molecule has 6 atom stereocenters. The van der Waals surface area contributed by atoms with E-state index in [-0.39, 0.29) is 33.6 Å². The Kier molecular flexibility index (Phi) is 6.45. The van der Waals surface area contributed by atoms with Crippen molar-refractivity contribution < 1.29 is 65.6 Å². The van der Waals surface area contributed by atoms with Crippen molar-refractivity contribution in [1.29, 1.82) is 0 Å². The number of rotatable bonds is 3. The van der Waals surface area contributed by atoms with Crippen LogP contribution in [0.25, 0.3) is 0 Å². The van der Waals surface area contributed by atoms with Crippen LogP contribution in [0, 0.1) is 0 Å². The summed E-state index contributed by atoms with van der Waals surface area (Å²) >= 11 is 0. The van der Waals surface area contributed by atoms with Gasteiger partial charge in [0.1, 0.15) is 18.3 Å². The molecule has 0 saturated carbocycles. The molecule has 6 rings (SSSR count). The number of hydrogen-bond acceptors (Lipinski definition) is 13. The number of aliphatic hydroxyl groups is 3. The Balaban J connectivity index is 1.49. The minimum atomic E-state index is -1.72. The summed E-state index contributed by atoms with van der Waals surface area (Å²) in [5.41, 5.74) is 0.00293. The molecule has 0 bridgehead atoms. The number of aliphatic hydroxyl groups excluding tert-OH is 3. The molecule has 0 radical (unpaired) electrons. The molecular weight excluding hydrogens is 568 g/mol. The molecular formula is C30H26O13. The number of ether oxygens (including phenoxy) is 2. The second-order valence-corrected chi connectivity index (χ2v) is 10.4. The van der Waals surface area contributed by atoms with Crippen LogP contribution in [-0.2, 0) is 0 Å². The smallest absolute Gasteiger partial charge is 0.201 e. The molecule has 0 aliphatic carbocycles. The number of fused-ring (bicyclic) bond motifs is 2. The second-order valence-electron chi connectivity index (χ2n) is 10.4. The Hall–Kier alpha value is -5.24. The minimum Gasteiger partial charge on any atom is -0.504 e. The Bertz CT molecular complexity index is 1750. The zero-order valence-corrected chi connectivity index (χ0v) is 21.9. The number of hydrogen-bond donors (Lipinski definition) is 11. The molecule has 0 unspecified atom stereocenters. The van der Waals surface area contributed by atoms with Gasteiger partial charge in [-0.3, -0.25) is 0 Å². The molecule has 0 saturated heterocycles. The van der Waals surface area contributed by atoms with Crippen LogP contribution in [-0.4, -0.2) is 68.4 Å². The predicted octanol–water partition coefficient (Wildman–Crippen LogP) is 2.49. The van der Waals surface area contributed by atoms with Gasteiger partial charge in [-0.1, -0.05) is 18.2 Å². The van der Waals surface area contributed by atoms with E-state index in [1.165, 1.54) is 24.3 Å². The molecule has 2 aliphatic heterocycles. The summed E-state index contributed by atoms with van der Waals surface area (Å²) in [6, 6.07) is 10.8. The third kappa shape index (κ3) is 4.29. The van der Waals surface area contributed by atoms with Crippen molar-refractivity contribution in [2.45, 2.75) is 36.4 Å². The standard InChI is InChI=1S/C30H26O13/c31-15-4-1-10(7-18(15)34)27-24(39)20(12-3-6-17(33)23(38)29(12)42-27)13-9-14-22(37)25(40)28(43-30(14)26(41)21(13)36)11-2-5-16(32)19(35)8-11/h1-9,20,22,24-25,27-28,31-41H/t20-,22-,24+,25+,27+,28+/m0/s1. The number of phenols is 8. The molecule has 4 aromatic carbocycles. The van der Waals surface area contributed by atoms with E-state index in [9.17, 15) is 56.2 Å². The highest BCUT2D eigenvalue weighted by Gasteiger charge is 2.45. The number of benzene rings is 4. The predicted molar refractivity (Wildman–Crippen MR) is 145 cm³/mol. The van der Waals surface area contributed by atoms with Crippen LogP contribution in [0.2, 0.25) is 0 Å². The molecule has 0 aromatic heterocycles. The van der Waals surface area contributed by atoms with Crippen molar-refractivity contribution in [1.82, 2.24) is 0 Å². The van der Waals surface area contributed by atoms with E-state index in [4.69, 9.17) is 9.47 Å². The van der Waals surface area contributed by atoms with Crippen LogP contribution in [0.5, 0.6) is 57.5 Å². The highest BCUT2D eigenvalue weighted by Crippen LogP contribution is 2.57. The van der Waals surface area contributed by atoms with E-state index in [1.54, 1.807) is 0 Å². The molecule has 2 heterocycles. The summed E-state index contributed by atoms with van der Waals surface area (Å²) in [7, 11) is 0. The van der Waals surface area contributed by atoms with Gasteiger partial charge in [-0.15, -0.1) is 0 Å². The highest BCUT2D eigenvalue weighted by atomic mass is 16.5. The molecule has 0 amide bonds. The van der Waals surface area contributed by atoms with Crippen molar-refractivity contribution in [2.75, 3.05) is 0 Å². The lowest BCUT2D eigenvalue weighted by atomic mass is 9.78. The zero-order chi connectivity index (χ0) is 30.9. The van der Waals surface area contributed by atoms with Crippen LogP contribution in [0.4, 0.5) is 0 Å². The molecule has 4 aromatic rings. The lowest BCUT2D eigenvalue weighted by Gasteiger charge is -2.39. The molecule has 0 fully saturated rings. The van der Waals surface area contributed by atoms with Crippen molar-refractivity contribution in [2.24, 2.45) is 0 Å². The summed E-state index contributed by atoms with van der Waals surface area (Å²) in [5, 5.41) is 116. The van der Waals surface area contributed by atoms with E-state index in [2.05, 4.69) is 0 Å². The second kappa shape index (κ2) is 9.94. The highest BCUT2D eigenvalue weighted by molar-refractivity contribution is 5.66. The molecule has 2 aliphatic rings. The lowest BCUT2D eigenvalue weighted by Crippen LogP contribution is -2.36. The Morgan fingerprint density at radius 1 is 0.442 bits per heavy atom. The maximum Gasteiger partial charge on any atom is 0.201 e. The van der Waals surface area contributed by atoms with Gasteiger partial charge in [0, 0.05) is 22.6 Å². The van der Waals surface area contributed by atoms with Crippen LogP contribution >= 0.6 is 0 Å². The van der Waals surface area contributed by atoms with Crippen LogP contribution < -0.4 is 9.47 Å². The largest absolute Gasteiger partial charge is 0.504 e. The van der Waals surface area contributed by atoms with Crippen molar-refractivity contribution in [3.63, 3.8) is 0 Å². The molecule has 13 nitrogen and oxygen atoms in total. The molecule has 0 spiro atoms. The minimum absolute atomic E-state index is 0.0703. The maximum atomic E-state index is 11.6. The summed E-state index contributed by atoms with van der Waals surface area (Å²) in [4.78, 5) is 0. The topological polar surface area (TPSA) is 241 Å². The first kappa shape index (κ1) is 27.9. The fraction of sp³-hybridized carbons (Fsp3) is 0.200. The lowest BCUT2D eigenvalue weighted by molar-refractivity contribution is -0.0712. The van der Waals surface area contributed by atoms with Crippen LogP contribution in [0.1, 0.15) is 52.0 Å². The van der Waals surface area contributed by atoms with Crippen LogP contribution in [0.15, 0.2) is 54.6 Å². The first-order chi connectivity index (χ1) is 20.4. The van der Waals surface area contributed by atoms with E-state index in [0.717, 1.165) is 30.3 Å².